The van der Waals surface area contributed by atoms with Crippen LogP contribution < -0.4 is 10.6 Å². The van der Waals surface area contributed by atoms with Gasteiger partial charge in [0.05, 0.1) is 23.5 Å². The van der Waals surface area contributed by atoms with Crippen molar-refractivity contribution in [2.24, 2.45) is 5.92 Å². The number of hydrogen-bond donors (Lipinski definition) is 2. The monoisotopic (exact) mass is 416 g/mol. The summed E-state index contributed by atoms with van der Waals surface area (Å²) in [5.74, 6) is -1.25. The first-order valence-corrected chi connectivity index (χ1v) is 10.1. The van der Waals surface area contributed by atoms with Crippen LogP contribution in [0.1, 0.15) is 25.5 Å². The molecule has 2 amide bonds. The van der Waals surface area contributed by atoms with Gasteiger partial charge >= 0.3 is 12.0 Å². The normalized spacial score (nSPS) is 18.4. The van der Waals surface area contributed by atoms with E-state index in [1.54, 1.807) is 18.5 Å². The molecule has 3 aromatic rings. The fourth-order valence-electron chi connectivity index (χ4n) is 3.67. The molecule has 2 heterocycles. The third-order valence-corrected chi connectivity index (χ3v) is 5.02. The molecular formula is C24H24N4O3. The van der Waals surface area contributed by atoms with E-state index in [2.05, 4.69) is 17.2 Å². The standard InChI is InChI=1S/C24H24N4O3/c1-15(2)31-23(29)20-16(3)25-24(30)26-22(20)19-14-28(18-12-8-5-9-13-18)27-21(19)17-10-6-4-7-11-17/h4-15,20,22H,3H2,1-2H3,(H2,25,26,30)/t20-,22+/m1/s1. The van der Waals surface area contributed by atoms with Gasteiger partial charge in [-0.1, -0.05) is 55.1 Å². The molecule has 1 aromatic heterocycles. The summed E-state index contributed by atoms with van der Waals surface area (Å²) in [7, 11) is 0. The zero-order valence-corrected chi connectivity index (χ0v) is 17.4. The van der Waals surface area contributed by atoms with E-state index in [0.717, 1.165) is 11.3 Å². The first-order chi connectivity index (χ1) is 14.9. The van der Waals surface area contributed by atoms with Crippen molar-refractivity contribution in [2.45, 2.75) is 26.0 Å². The lowest BCUT2D eigenvalue weighted by molar-refractivity contribution is -0.152. The van der Waals surface area contributed by atoms with Crippen molar-refractivity contribution in [3.8, 4) is 16.9 Å². The topological polar surface area (TPSA) is 85.3 Å². The van der Waals surface area contributed by atoms with Crippen LogP contribution in [0.4, 0.5) is 4.79 Å². The molecule has 2 atom stereocenters. The smallest absolute Gasteiger partial charge is 0.319 e. The van der Waals surface area contributed by atoms with Crippen molar-refractivity contribution < 1.29 is 14.3 Å². The molecule has 1 aliphatic heterocycles. The predicted molar refractivity (Wildman–Crippen MR) is 117 cm³/mol. The predicted octanol–water partition coefficient (Wildman–Crippen LogP) is 3.97. The maximum atomic E-state index is 12.9. The maximum Gasteiger partial charge on any atom is 0.319 e. The number of nitrogens with one attached hydrogen (secondary N) is 2. The summed E-state index contributed by atoms with van der Waals surface area (Å²) in [4.78, 5) is 25.2. The highest BCUT2D eigenvalue weighted by Gasteiger charge is 2.41. The molecule has 0 saturated carbocycles. The largest absolute Gasteiger partial charge is 0.462 e. The summed E-state index contributed by atoms with van der Waals surface area (Å²) in [5.41, 5.74) is 3.42. The van der Waals surface area contributed by atoms with Gasteiger partial charge in [-0.2, -0.15) is 5.10 Å². The number of para-hydroxylation sites is 1. The molecule has 7 nitrogen and oxygen atoms in total. The van der Waals surface area contributed by atoms with Gasteiger partial charge in [-0.3, -0.25) is 4.79 Å². The Morgan fingerprint density at radius 2 is 1.74 bits per heavy atom. The number of amides is 2. The molecule has 158 valence electrons. The second-order valence-electron chi connectivity index (χ2n) is 7.64. The SMILES string of the molecule is C=C1NC(=O)N[C@@H](c2cn(-c3ccccc3)nc2-c2ccccc2)[C@@H]1C(=O)OC(C)C. The van der Waals surface area contributed by atoms with Gasteiger partial charge in [0, 0.05) is 23.0 Å². The third-order valence-electron chi connectivity index (χ3n) is 5.02. The number of esters is 1. The fraction of sp³-hybridized carbons (Fsp3) is 0.208. The number of nitrogens with zero attached hydrogens (tertiary/aromatic N) is 2. The number of hydrogen-bond acceptors (Lipinski definition) is 4. The van der Waals surface area contributed by atoms with E-state index < -0.39 is 24.0 Å². The van der Waals surface area contributed by atoms with Crippen LogP contribution >= 0.6 is 0 Å². The summed E-state index contributed by atoms with van der Waals surface area (Å²) in [6.45, 7) is 7.49. The van der Waals surface area contributed by atoms with E-state index in [4.69, 9.17) is 9.84 Å². The molecule has 0 unspecified atom stereocenters. The van der Waals surface area contributed by atoms with Gasteiger partial charge in [0.25, 0.3) is 0 Å². The second kappa shape index (κ2) is 8.47. The van der Waals surface area contributed by atoms with Crippen LogP contribution in [0.15, 0.2) is 79.1 Å². The van der Waals surface area contributed by atoms with E-state index in [1.807, 2.05) is 66.9 Å². The van der Waals surface area contributed by atoms with Crippen molar-refractivity contribution in [1.29, 1.82) is 0 Å². The van der Waals surface area contributed by atoms with Gasteiger partial charge in [0.2, 0.25) is 0 Å². The van der Waals surface area contributed by atoms with Gasteiger partial charge in [0.1, 0.15) is 5.92 Å². The maximum absolute atomic E-state index is 12.9. The minimum absolute atomic E-state index is 0.292. The molecule has 7 heteroatoms. The van der Waals surface area contributed by atoms with E-state index in [-0.39, 0.29) is 6.10 Å². The second-order valence-corrected chi connectivity index (χ2v) is 7.64. The molecule has 0 bridgehead atoms. The highest BCUT2D eigenvalue weighted by Crippen LogP contribution is 2.36. The van der Waals surface area contributed by atoms with Crippen LogP contribution in [0.25, 0.3) is 16.9 Å². The number of carbonyl (C=O) groups excluding carboxylic acids is 2. The summed E-state index contributed by atoms with van der Waals surface area (Å²) >= 11 is 0. The minimum atomic E-state index is -0.795. The van der Waals surface area contributed by atoms with Gasteiger partial charge in [0.15, 0.2) is 0 Å². The molecule has 1 saturated heterocycles. The molecule has 4 rings (SSSR count). The van der Waals surface area contributed by atoms with Gasteiger partial charge in [-0.05, 0) is 26.0 Å². The average molecular weight is 416 g/mol. The quantitative estimate of drug-likeness (QED) is 0.616. The van der Waals surface area contributed by atoms with Gasteiger partial charge < -0.3 is 15.4 Å². The van der Waals surface area contributed by atoms with Gasteiger partial charge in [-0.15, -0.1) is 0 Å². The zero-order chi connectivity index (χ0) is 22.0. The molecule has 0 aliphatic carbocycles. The molecule has 2 aromatic carbocycles. The Balaban J connectivity index is 1.85. The Hall–Kier alpha value is -3.87. The summed E-state index contributed by atoms with van der Waals surface area (Å²) < 4.78 is 7.22. The Kier molecular flexibility index (Phi) is 5.58. The number of rotatable bonds is 5. The van der Waals surface area contributed by atoms with Crippen LogP contribution in [-0.4, -0.2) is 27.9 Å². The molecule has 1 aliphatic rings. The molecule has 0 spiro atoms. The van der Waals surface area contributed by atoms with Crippen LogP contribution in [0.5, 0.6) is 0 Å². The molecule has 31 heavy (non-hydrogen) atoms. The summed E-state index contributed by atoms with van der Waals surface area (Å²) in [5, 5.41) is 10.3. The minimum Gasteiger partial charge on any atom is -0.462 e. The summed E-state index contributed by atoms with van der Waals surface area (Å²) in [6.07, 6.45) is 1.55. The lowest BCUT2D eigenvalue weighted by Gasteiger charge is -2.33. The average Bonchev–Trinajstić information content (AvgIpc) is 3.19. The van der Waals surface area contributed by atoms with E-state index in [9.17, 15) is 9.59 Å². The summed E-state index contributed by atoms with van der Waals surface area (Å²) in [6, 6.07) is 18.2. The van der Waals surface area contributed by atoms with Crippen molar-refractivity contribution in [1.82, 2.24) is 20.4 Å². The number of carbonyl (C=O) groups is 2. The van der Waals surface area contributed by atoms with Crippen molar-refractivity contribution in [3.63, 3.8) is 0 Å². The molecule has 1 fully saturated rings. The van der Waals surface area contributed by atoms with E-state index in [0.29, 0.717) is 17.0 Å². The highest BCUT2D eigenvalue weighted by atomic mass is 16.5. The Morgan fingerprint density at radius 3 is 2.39 bits per heavy atom. The van der Waals surface area contributed by atoms with Crippen LogP contribution in [-0.2, 0) is 9.53 Å². The highest BCUT2D eigenvalue weighted by molar-refractivity contribution is 5.86. The Bertz CT molecular complexity index is 1110. The Labute approximate surface area is 180 Å². The fourth-order valence-corrected chi connectivity index (χ4v) is 3.67. The Morgan fingerprint density at radius 1 is 1.10 bits per heavy atom. The number of aromatic nitrogens is 2. The zero-order valence-electron chi connectivity index (χ0n) is 17.4. The molecule has 2 N–H and O–H groups in total. The third kappa shape index (κ3) is 4.21. The van der Waals surface area contributed by atoms with Gasteiger partial charge in [-0.25, -0.2) is 9.48 Å². The van der Waals surface area contributed by atoms with Crippen molar-refractivity contribution in [3.05, 3.63) is 84.7 Å². The first kappa shape index (κ1) is 20.4. The van der Waals surface area contributed by atoms with Crippen molar-refractivity contribution in [2.75, 3.05) is 0 Å². The van der Waals surface area contributed by atoms with Crippen LogP contribution in [0.3, 0.4) is 0 Å². The number of urea groups is 1. The van der Waals surface area contributed by atoms with E-state index >= 15 is 0 Å². The molecular weight excluding hydrogens is 392 g/mol. The van der Waals surface area contributed by atoms with Crippen LogP contribution in [0.2, 0.25) is 0 Å². The lowest BCUT2D eigenvalue weighted by Crippen LogP contribution is -2.51. The first-order valence-electron chi connectivity index (χ1n) is 10.1. The van der Waals surface area contributed by atoms with Crippen LogP contribution in [0, 0.1) is 5.92 Å². The van der Waals surface area contributed by atoms with Crippen molar-refractivity contribution >= 4 is 12.0 Å². The number of benzene rings is 2. The van der Waals surface area contributed by atoms with E-state index in [1.165, 1.54) is 0 Å². The molecule has 0 radical (unpaired) electrons. The number of ether oxygens (including phenoxy) is 1. The lowest BCUT2D eigenvalue weighted by atomic mass is 9.88.